The molecule has 1 saturated heterocycles. The Kier molecular flexibility index (Phi) is 4.66. The minimum atomic E-state index is -5.03. The molecule has 0 bridgehead atoms. The summed E-state index contributed by atoms with van der Waals surface area (Å²) in [6, 6.07) is 2.53. The number of carbonyl (C=O) groups excluding carboxylic acids is 2. The van der Waals surface area contributed by atoms with Gasteiger partial charge in [-0.1, -0.05) is 0 Å². The number of hydrazine groups is 1. The molecule has 3 amide bonds. The third-order valence-corrected chi connectivity index (χ3v) is 4.79. The number of hydrogen-bond donors (Lipinski definition) is 2. The normalized spacial score (nSPS) is 14.7. The van der Waals surface area contributed by atoms with Crippen molar-refractivity contribution in [2.24, 2.45) is 0 Å². The van der Waals surface area contributed by atoms with Gasteiger partial charge in [0.25, 0.3) is 5.91 Å². The zero-order valence-corrected chi connectivity index (χ0v) is 15.2. The Morgan fingerprint density at radius 2 is 2.00 bits per heavy atom. The van der Waals surface area contributed by atoms with Crippen molar-refractivity contribution in [3.8, 4) is 11.9 Å². The second-order valence-corrected chi connectivity index (χ2v) is 7.73. The standard InChI is InChI=1S/C14H10F3N7O4S/c1-29(27,28)7-2-3-9(19-5-7)23-12(22-24-10(25)6-20-13(24)26)8(4-18)11(21-23)14(15,16)17/h2-3,5,22H,6H2,1H3,(H,20,26). The molecule has 0 spiro atoms. The molecule has 0 aliphatic carbocycles. The van der Waals surface area contributed by atoms with Crippen LogP contribution in [0.5, 0.6) is 0 Å². The minimum absolute atomic E-state index is 0.200. The van der Waals surface area contributed by atoms with Crippen LogP contribution in [0.2, 0.25) is 0 Å². The van der Waals surface area contributed by atoms with E-state index in [9.17, 15) is 36.4 Å². The van der Waals surface area contributed by atoms with Gasteiger partial charge >= 0.3 is 12.2 Å². The molecule has 29 heavy (non-hydrogen) atoms. The van der Waals surface area contributed by atoms with Crippen molar-refractivity contribution < 1.29 is 31.2 Å². The van der Waals surface area contributed by atoms with Gasteiger partial charge in [-0.15, -0.1) is 0 Å². The number of carbonyl (C=O) groups is 2. The average Bonchev–Trinajstić information content (AvgIpc) is 3.16. The summed E-state index contributed by atoms with van der Waals surface area (Å²) in [5.74, 6) is -1.75. The van der Waals surface area contributed by atoms with Gasteiger partial charge < -0.3 is 5.32 Å². The molecule has 15 heteroatoms. The number of halogens is 3. The fourth-order valence-electron chi connectivity index (χ4n) is 2.35. The molecule has 0 saturated carbocycles. The van der Waals surface area contributed by atoms with Crippen LogP contribution in [0.25, 0.3) is 5.82 Å². The molecular weight excluding hydrogens is 419 g/mol. The van der Waals surface area contributed by atoms with E-state index in [0.29, 0.717) is 9.69 Å². The van der Waals surface area contributed by atoms with E-state index < -0.39 is 51.6 Å². The summed E-state index contributed by atoms with van der Waals surface area (Å²) in [7, 11) is -3.62. The second kappa shape index (κ2) is 6.74. The molecule has 3 rings (SSSR count). The van der Waals surface area contributed by atoms with Gasteiger partial charge in [-0.2, -0.15) is 33.2 Å². The Bertz CT molecular complexity index is 1130. The first-order valence-electron chi connectivity index (χ1n) is 7.57. The first-order chi connectivity index (χ1) is 13.4. The van der Waals surface area contributed by atoms with Crippen LogP contribution in [-0.4, -0.2) is 52.9 Å². The molecule has 3 heterocycles. The predicted molar refractivity (Wildman–Crippen MR) is 88.1 cm³/mol. The Hall–Kier alpha value is -3.67. The maximum atomic E-state index is 13.3. The number of alkyl halides is 3. The van der Waals surface area contributed by atoms with E-state index in [-0.39, 0.29) is 10.7 Å². The predicted octanol–water partition coefficient (Wildman–Crippen LogP) is 0.440. The number of nitriles is 1. The highest BCUT2D eigenvalue weighted by atomic mass is 32.2. The highest BCUT2D eigenvalue weighted by Gasteiger charge is 2.41. The first-order valence-corrected chi connectivity index (χ1v) is 9.47. The molecule has 2 aromatic rings. The van der Waals surface area contributed by atoms with Crippen LogP contribution >= 0.6 is 0 Å². The zero-order chi connectivity index (χ0) is 21.6. The fourth-order valence-corrected chi connectivity index (χ4v) is 2.91. The summed E-state index contributed by atoms with van der Waals surface area (Å²) in [6.07, 6.45) is -3.22. The van der Waals surface area contributed by atoms with E-state index in [1.54, 1.807) is 0 Å². The third-order valence-electron chi connectivity index (χ3n) is 3.69. The van der Waals surface area contributed by atoms with Crippen molar-refractivity contribution in [3.63, 3.8) is 0 Å². The minimum Gasteiger partial charge on any atom is -0.327 e. The Morgan fingerprint density at radius 3 is 2.45 bits per heavy atom. The maximum Gasteiger partial charge on any atom is 0.436 e. The summed E-state index contributed by atoms with van der Waals surface area (Å²) in [6.45, 7) is -0.394. The number of aromatic nitrogens is 3. The van der Waals surface area contributed by atoms with Crippen molar-refractivity contribution in [2.75, 3.05) is 18.2 Å². The summed E-state index contributed by atoms with van der Waals surface area (Å²) < 4.78 is 63.6. The lowest BCUT2D eigenvalue weighted by molar-refractivity contribution is -0.141. The van der Waals surface area contributed by atoms with Crippen molar-refractivity contribution >= 4 is 27.6 Å². The van der Waals surface area contributed by atoms with Crippen molar-refractivity contribution in [2.45, 2.75) is 11.1 Å². The van der Waals surface area contributed by atoms with Crippen LogP contribution in [0.4, 0.5) is 23.8 Å². The number of nitrogens with one attached hydrogen (secondary N) is 2. The number of urea groups is 1. The van der Waals surface area contributed by atoms with Gasteiger partial charge in [-0.25, -0.2) is 18.2 Å². The summed E-state index contributed by atoms with van der Waals surface area (Å²) >= 11 is 0. The number of nitrogens with zero attached hydrogens (tertiary/aromatic N) is 5. The summed E-state index contributed by atoms with van der Waals surface area (Å²) in [4.78, 5) is 27.0. The topological polar surface area (TPSA) is 150 Å². The van der Waals surface area contributed by atoms with Gasteiger partial charge in [-0.05, 0) is 12.1 Å². The quantitative estimate of drug-likeness (QED) is 0.665. The van der Waals surface area contributed by atoms with Crippen LogP contribution in [-0.2, 0) is 20.8 Å². The number of amides is 3. The zero-order valence-electron chi connectivity index (χ0n) is 14.4. The maximum absolute atomic E-state index is 13.3. The van der Waals surface area contributed by atoms with Gasteiger partial charge in [-0.3, -0.25) is 10.2 Å². The molecule has 1 aliphatic rings. The van der Waals surface area contributed by atoms with Gasteiger partial charge in [0.2, 0.25) is 0 Å². The lowest BCUT2D eigenvalue weighted by atomic mass is 10.2. The number of anilines is 1. The number of rotatable bonds is 4. The summed E-state index contributed by atoms with van der Waals surface area (Å²) in [5, 5.41) is 15.1. The van der Waals surface area contributed by atoms with Crippen LogP contribution in [0, 0.1) is 11.3 Å². The molecule has 2 aromatic heterocycles. The van der Waals surface area contributed by atoms with Crippen LogP contribution in [0.15, 0.2) is 23.2 Å². The Morgan fingerprint density at radius 1 is 1.31 bits per heavy atom. The van der Waals surface area contributed by atoms with Crippen LogP contribution in [0.1, 0.15) is 11.3 Å². The number of pyridine rings is 1. The van der Waals surface area contributed by atoms with Crippen molar-refractivity contribution in [1.29, 1.82) is 5.26 Å². The van der Waals surface area contributed by atoms with Crippen molar-refractivity contribution in [1.82, 2.24) is 25.1 Å². The molecule has 0 radical (unpaired) electrons. The van der Waals surface area contributed by atoms with E-state index in [0.717, 1.165) is 24.6 Å². The average molecular weight is 429 g/mol. The summed E-state index contributed by atoms with van der Waals surface area (Å²) in [5.41, 5.74) is -0.411. The van der Waals surface area contributed by atoms with Gasteiger partial charge in [0.1, 0.15) is 18.2 Å². The number of sulfone groups is 1. The van der Waals surface area contributed by atoms with Gasteiger partial charge in [0, 0.05) is 12.5 Å². The lowest BCUT2D eigenvalue weighted by Crippen LogP contribution is -2.37. The van der Waals surface area contributed by atoms with Gasteiger partial charge in [0.05, 0.1) is 4.90 Å². The van der Waals surface area contributed by atoms with Crippen LogP contribution < -0.4 is 10.7 Å². The fraction of sp³-hybridized carbons (Fsp3) is 0.214. The first kappa shape index (κ1) is 20.1. The van der Waals surface area contributed by atoms with E-state index >= 15 is 0 Å². The van der Waals surface area contributed by atoms with Gasteiger partial charge in [0.15, 0.2) is 27.2 Å². The lowest BCUT2D eigenvalue weighted by Gasteiger charge is -2.16. The third kappa shape index (κ3) is 3.69. The molecule has 2 N–H and O–H groups in total. The molecule has 0 aromatic carbocycles. The largest absolute Gasteiger partial charge is 0.436 e. The van der Waals surface area contributed by atoms with E-state index in [1.807, 2.05) is 0 Å². The SMILES string of the molecule is CS(=O)(=O)c1ccc(-n2nc(C(F)(F)F)c(C#N)c2NN2C(=O)CNC2=O)nc1. The van der Waals surface area contributed by atoms with E-state index in [4.69, 9.17) is 0 Å². The Balaban J connectivity index is 2.17. The molecule has 1 fully saturated rings. The molecular formula is C14H10F3N7O4S. The van der Waals surface area contributed by atoms with E-state index in [2.05, 4.69) is 20.8 Å². The smallest absolute Gasteiger partial charge is 0.327 e. The highest BCUT2D eigenvalue weighted by molar-refractivity contribution is 7.90. The molecule has 0 atom stereocenters. The number of hydrogen-bond acceptors (Lipinski definition) is 8. The monoisotopic (exact) mass is 429 g/mol. The highest BCUT2D eigenvalue weighted by Crippen LogP contribution is 2.35. The number of imide groups is 1. The van der Waals surface area contributed by atoms with E-state index in [1.165, 1.54) is 6.07 Å². The van der Waals surface area contributed by atoms with Crippen LogP contribution in [0.3, 0.4) is 0 Å². The van der Waals surface area contributed by atoms with Crippen molar-refractivity contribution in [3.05, 3.63) is 29.6 Å². The molecule has 152 valence electrons. The molecule has 11 nitrogen and oxygen atoms in total. The molecule has 0 unspecified atom stereocenters. The Labute approximate surface area is 160 Å². The molecule has 1 aliphatic heterocycles. The second-order valence-electron chi connectivity index (χ2n) is 5.72.